The van der Waals surface area contributed by atoms with E-state index in [1.807, 2.05) is 62.4 Å². The minimum atomic E-state index is -5.53. The molecule has 9 aromatic rings. The predicted octanol–water partition coefficient (Wildman–Crippen LogP) is 19.5. The van der Waals surface area contributed by atoms with E-state index in [1.54, 1.807) is 13.8 Å². The Balaban J connectivity index is 0.000000166. The van der Waals surface area contributed by atoms with E-state index in [0.717, 1.165) is 35.4 Å². The van der Waals surface area contributed by atoms with Crippen molar-refractivity contribution in [3.8, 4) is 22.3 Å². The third-order valence-electron chi connectivity index (χ3n) is 13.6. The van der Waals surface area contributed by atoms with Crippen molar-refractivity contribution in [1.29, 1.82) is 0 Å². The Hall–Kier alpha value is -7.77. The summed E-state index contributed by atoms with van der Waals surface area (Å²) in [6.45, 7) is 20.3. The van der Waals surface area contributed by atoms with Gasteiger partial charge in [-0.3, -0.25) is 4.79 Å². The molecule has 0 radical (unpaired) electrons. The molecule has 1 nitrogen and oxygen atoms in total. The number of alkyl halides is 6. The first-order valence-corrected chi connectivity index (χ1v) is 25.2. The van der Waals surface area contributed by atoms with Gasteiger partial charge in [0.25, 0.3) is 0 Å². The van der Waals surface area contributed by atoms with E-state index in [1.165, 1.54) is 91.0 Å². The average Bonchev–Trinajstić information content (AvgIpc) is 3.46. The summed E-state index contributed by atoms with van der Waals surface area (Å²) in [7, 11) is 0. The molecule has 0 saturated heterocycles. The van der Waals surface area contributed by atoms with Gasteiger partial charge >= 0.3 is 12.4 Å². The predicted molar refractivity (Wildman–Crippen MR) is 302 cm³/mol. The van der Waals surface area contributed by atoms with Crippen LogP contribution in [0.3, 0.4) is 0 Å². The third kappa shape index (κ3) is 14.3. The van der Waals surface area contributed by atoms with Crippen LogP contribution >= 0.6 is 0 Å². The smallest absolute Gasteiger partial charge is 0.289 e. The molecule has 0 atom stereocenters. The third-order valence-corrected chi connectivity index (χ3v) is 13.6. The van der Waals surface area contributed by atoms with Crippen LogP contribution in [0.15, 0.2) is 218 Å². The van der Waals surface area contributed by atoms with Gasteiger partial charge in [-0.15, -0.1) is 0 Å². The number of carbonyl (C=O) groups excluding carboxylic acids is 1. The fraction of sp³-hybridized carbons (Fsp3) is 0.203. The van der Waals surface area contributed by atoms with Crippen molar-refractivity contribution in [2.75, 3.05) is 0 Å². The number of ketones is 1. The number of halogens is 6. The number of carbonyl (C=O) groups is 1. The number of hydrogen-bond acceptors (Lipinski definition) is 1. The fourth-order valence-electron chi connectivity index (χ4n) is 8.64. The van der Waals surface area contributed by atoms with Gasteiger partial charge in [0.1, 0.15) is 0 Å². The van der Waals surface area contributed by atoms with Gasteiger partial charge < -0.3 is 0 Å². The summed E-state index contributed by atoms with van der Waals surface area (Å²) in [4.78, 5) is 12.1. The Morgan fingerprint density at radius 1 is 0.289 bits per heavy atom. The molecule has 0 aliphatic carbocycles. The molecule has 0 spiro atoms. The van der Waals surface area contributed by atoms with Gasteiger partial charge in [0.05, 0.1) is 0 Å². The number of hydrogen-bond donors (Lipinski definition) is 0. The molecule has 9 rings (SSSR count). The van der Waals surface area contributed by atoms with Crippen molar-refractivity contribution in [1.82, 2.24) is 0 Å². The van der Waals surface area contributed by atoms with Crippen LogP contribution in [0, 0.1) is 55.4 Å². The summed E-state index contributed by atoms with van der Waals surface area (Å²) in [5, 5.41) is 0. The number of aryl methyl sites for hydroxylation is 8. The highest BCUT2D eigenvalue weighted by Gasteiger charge is 2.72. The molecule has 0 N–H and O–H groups in total. The van der Waals surface area contributed by atoms with Crippen LogP contribution in [0.25, 0.3) is 22.3 Å². The van der Waals surface area contributed by atoms with Gasteiger partial charge in [-0.25, -0.2) is 0 Å². The maximum absolute atomic E-state index is 13.7. The molecule has 0 saturated carbocycles. The Morgan fingerprint density at radius 3 is 0.763 bits per heavy atom. The lowest BCUT2D eigenvalue weighted by atomic mass is 9.72. The van der Waals surface area contributed by atoms with Gasteiger partial charge in [0, 0.05) is 16.5 Å². The zero-order chi connectivity index (χ0) is 55.4. The van der Waals surface area contributed by atoms with Crippen molar-refractivity contribution < 1.29 is 31.1 Å². The first-order valence-electron chi connectivity index (χ1n) is 25.2. The minimum Gasteiger partial charge on any atom is -0.289 e. The molecular formula is C69H66F6O. The molecule has 76 heavy (non-hydrogen) atoms. The van der Waals surface area contributed by atoms with Crippen LogP contribution in [-0.2, 0) is 10.8 Å². The number of benzene rings is 9. The molecule has 0 fully saturated rings. The van der Waals surface area contributed by atoms with E-state index in [9.17, 15) is 31.1 Å². The highest BCUT2D eigenvalue weighted by molar-refractivity contribution is 6.09. The lowest BCUT2D eigenvalue weighted by Crippen LogP contribution is -2.54. The fourth-order valence-corrected chi connectivity index (χ4v) is 8.64. The molecule has 0 bridgehead atoms. The minimum absolute atomic E-state index is 0.0708. The average molecular weight is 1030 g/mol. The Bertz CT molecular complexity index is 3040. The first-order chi connectivity index (χ1) is 35.9. The van der Waals surface area contributed by atoms with E-state index in [2.05, 4.69) is 163 Å². The molecule has 0 unspecified atom stereocenters. The molecule has 0 aromatic heterocycles. The van der Waals surface area contributed by atoms with Gasteiger partial charge in [0.15, 0.2) is 5.78 Å². The van der Waals surface area contributed by atoms with E-state index in [4.69, 9.17) is 0 Å². The summed E-state index contributed by atoms with van der Waals surface area (Å²) in [6, 6.07) is 67.6. The largest absolute Gasteiger partial charge is 0.411 e. The zero-order valence-electron chi connectivity index (χ0n) is 45.0. The summed E-state index contributed by atoms with van der Waals surface area (Å²) in [6.07, 6.45) is -11.1. The lowest BCUT2D eigenvalue weighted by Gasteiger charge is -2.38. The van der Waals surface area contributed by atoms with Crippen molar-refractivity contribution in [3.63, 3.8) is 0 Å². The zero-order valence-corrected chi connectivity index (χ0v) is 45.0. The van der Waals surface area contributed by atoms with Crippen LogP contribution in [0.5, 0.6) is 0 Å². The number of rotatable bonds is 8. The molecule has 0 aliphatic rings. The van der Waals surface area contributed by atoms with Crippen molar-refractivity contribution in [2.24, 2.45) is 0 Å². The molecule has 0 amide bonds. The second kappa shape index (κ2) is 24.7. The quantitative estimate of drug-likeness (QED) is 0.109. The summed E-state index contributed by atoms with van der Waals surface area (Å²) >= 11 is 0. The Kier molecular flexibility index (Phi) is 18.7. The van der Waals surface area contributed by atoms with Crippen molar-refractivity contribution in [2.45, 2.75) is 92.4 Å². The van der Waals surface area contributed by atoms with Gasteiger partial charge in [-0.05, 0) is 106 Å². The Labute approximate surface area is 446 Å². The SMILES string of the molecule is Cc1ccc(-c2cccc(-c3ccc(C)cc3)c2)cc1.Cc1ccc(C(=O)c2ccc(C)cc2)cc1.Cc1ccc(C(C)(C)c2ccc(C)cc2)cc1.Cc1ccc(C(c2ccc(C)cc2)(C(F)(F)F)C(F)(F)F)cc1. The molecule has 0 aliphatic heterocycles. The van der Waals surface area contributed by atoms with Crippen molar-refractivity contribution >= 4 is 5.78 Å². The van der Waals surface area contributed by atoms with Crippen LogP contribution in [0.4, 0.5) is 26.3 Å². The highest BCUT2D eigenvalue weighted by Crippen LogP contribution is 2.56. The summed E-state index contributed by atoms with van der Waals surface area (Å²) < 4.78 is 82.3. The second-order valence-electron chi connectivity index (χ2n) is 20.2. The van der Waals surface area contributed by atoms with E-state index < -0.39 is 28.9 Å². The van der Waals surface area contributed by atoms with Crippen LogP contribution in [0.1, 0.15) is 96.5 Å². The van der Waals surface area contributed by atoms with Crippen molar-refractivity contribution in [3.05, 3.63) is 296 Å². The van der Waals surface area contributed by atoms with Gasteiger partial charge in [-0.1, -0.05) is 271 Å². The molecule has 7 heteroatoms. The highest BCUT2D eigenvalue weighted by atomic mass is 19.4. The van der Waals surface area contributed by atoms with Crippen LogP contribution in [0.2, 0.25) is 0 Å². The van der Waals surface area contributed by atoms with E-state index in [0.29, 0.717) is 11.1 Å². The normalized spacial score (nSPS) is 11.5. The molecule has 9 aromatic carbocycles. The first kappa shape index (κ1) is 57.5. The van der Waals surface area contributed by atoms with E-state index >= 15 is 0 Å². The van der Waals surface area contributed by atoms with Crippen LogP contribution in [-0.4, -0.2) is 18.1 Å². The maximum Gasteiger partial charge on any atom is 0.411 e. The lowest BCUT2D eigenvalue weighted by molar-refractivity contribution is -0.288. The maximum atomic E-state index is 13.7. The summed E-state index contributed by atoms with van der Waals surface area (Å²) in [5.74, 6) is 0.0833. The molecular weight excluding hydrogens is 959 g/mol. The molecule has 0 heterocycles. The monoisotopic (exact) mass is 1020 g/mol. The Morgan fingerprint density at radius 2 is 0.513 bits per heavy atom. The second-order valence-corrected chi connectivity index (χ2v) is 20.2. The van der Waals surface area contributed by atoms with Crippen LogP contribution < -0.4 is 0 Å². The summed E-state index contributed by atoms with van der Waals surface area (Å²) in [5.41, 5.74) is 12.3. The molecule has 390 valence electrons. The topological polar surface area (TPSA) is 17.1 Å². The van der Waals surface area contributed by atoms with Gasteiger partial charge in [0.2, 0.25) is 5.41 Å². The standard InChI is InChI=1S/C20H18.C17H14F6.C17H20.C15H14O/c1-15-6-10-17(11-7-15)19-4-3-5-20(14-19)18-12-8-16(2)9-13-18;1-11-3-7-13(8-4-11)15(16(18,19)20,17(21,22)23)14-9-5-12(2)6-10-14;1-13-5-9-15(10-6-13)17(3,4)16-11-7-14(2)8-12-16;1-11-3-7-13(8-4-11)15(16)14-9-5-12(2)6-10-14/h3-14H,1-2H3;3-10H,1-2H3;5-12H,1-4H3;3-10H,1-2H3. The van der Waals surface area contributed by atoms with Gasteiger partial charge in [-0.2, -0.15) is 26.3 Å². The van der Waals surface area contributed by atoms with E-state index in [-0.39, 0.29) is 11.2 Å².